The zero-order valence-corrected chi connectivity index (χ0v) is 11.1. The number of ether oxygens (including phenoxy) is 1. The molecule has 18 heavy (non-hydrogen) atoms. The van der Waals surface area contributed by atoms with E-state index in [-0.39, 0.29) is 0 Å². The summed E-state index contributed by atoms with van der Waals surface area (Å²) in [6.07, 6.45) is 5.19. The van der Waals surface area contributed by atoms with Gasteiger partial charge in [-0.3, -0.25) is 4.99 Å². The first-order chi connectivity index (χ1) is 8.71. The number of rotatable bonds is 4. The Bertz CT molecular complexity index is 461. The van der Waals surface area contributed by atoms with Crippen LogP contribution in [0, 0.1) is 19.3 Å². The van der Waals surface area contributed by atoms with Crippen LogP contribution in [0.3, 0.4) is 0 Å². The van der Waals surface area contributed by atoms with Gasteiger partial charge in [0.15, 0.2) is 5.96 Å². The number of benzene rings is 1. The van der Waals surface area contributed by atoms with Crippen LogP contribution in [0.5, 0.6) is 5.75 Å². The van der Waals surface area contributed by atoms with E-state index in [9.17, 15) is 0 Å². The molecule has 0 saturated heterocycles. The maximum atomic E-state index is 5.34. The van der Waals surface area contributed by atoms with Crippen LogP contribution >= 0.6 is 0 Å². The number of hydrogen-bond acceptors (Lipinski definition) is 2. The third-order valence-electron chi connectivity index (χ3n) is 2.47. The molecule has 0 heterocycles. The van der Waals surface area contributed by atoms with Crippen LogP contribution in [-0.4, -0.2) is 26.7 Å². The molecule has 0 aliphatic heterocycles. The van der Waals surface area contributed by atoms with E-state index in [1.165, 1.54) is 5.56 Å². The van der Waals surface area contributed by atoms with Gasteiger partial charge in [-0.05, 0) is 18.6 Å². The van der Waals surface area contributed by atoms with Gasteiger partial charge in [0.1, 0.15) is 5.75 Å². The van der Waals surface area contributed by atoms with Crippen molar-refractivity contribution in [3.05, 3.63) is 29.3 Å². The van der Waals surface area contributed by atoms with Gasteiger partial charge in [-0.2, -0.15) is 0 Å². The van der Waals surface area contributed by atoms with Crippen molar-refractivity contribution in [1.29, 1.82) is 0 Å². The summed E-state index contributed by atoms with van der Waals surface area (Å²) in [5.41, 5.74) is 2.25. The normalized spacial score (nSPS) is 10.7. The maximum Gasteiger partial charge on any atom is 0.192 e. The van der Waals surface area contributed by atoms with Crippen LogP contribution in [0.4, 0.5) is 0 Å². The summed E-state index contributed by atoms with van der Waals surface area (Å²) in [5.74, 6) is 4.05. The number of terminal acetylenes is 1. The molecule has 0 amide bonds. The second kappa shape index (κ2) is 7.23. The van der Waals surface area contributed by atoms with Crippen molar-refractivity contribution in [1.82, 2.24) is 10.6 Å². The zero-order chi connectivity index (χ0) is 13.4. The average Bonchev–Trinajstić information content (AvgIpc) is 2.40. The monoisotopic (exact) mass is 245 g/mol. The second-order valence-electron chi connectivity index (χ2n) is 3.80. The van der Waals surface area contributed by atoms with E-state index in [4.69, 9.17) is 11.2 Å². The van der Waals surface area contributed by atoms with Crippen molar-refractivity contribution in [2.45, 2.75) is 13.5 Å². The minimum atomic E-state index is 0.449. The summed E-state index contributed by atoms with van der Waals surface area (Å²) in [4.78, 5) is 4.07. The zero-order valence-electron chi connectivity index (χ0n) is 11.1. The number of methoxy groups -OCH3 is 1. The first kappa shape index (κ1) is 13.9. The lowest BCUT2D eigenvalue weighted by Gasteiger charge is -2.13. The largest absolute Gasteiger partial charge is 0.496 e. The fourth-order valence-corrected chi connectivity index (χ4v) is 1.53. The summed E-state index contributed by atoms with van der Waals surface area (Å²) in [6, 6.07) is 6.10. The minimum absolute atomic E-state index is 0.449. The summed E-state index contributed by atoms with van der Waals surface area (Å²) < 4.78 is 5.34. The smallest absolute Gasteiger partial charge is 0.192 e. The highest BCUT2D eigenvalue weighted by molar-refractivity contribution is 5.79. The first-order valence-electron chi connectivity index (χ1n) is 5.72. The summed E-state index contributed by atoms with van der Waals surface area (Å²) >= 11 is 0. The van der Waals surface area contributed by atoms with Crippen molar-refractivity contribution in [2.75, 3.05) is 20.7 Å². The number of nitrogens with one attached hydrogen (secondary N) is 2. The number of hydrogen-bond donors (Lipinski definition) is 2. The molecule has 1 aromatic carbocycles. The first-order valence-corrected chi connectivity index (χ1v) is 5.72. The van der Waals surface area contributed by atoms with E-state index in [1.54, 1.807) is 14.2 Å². The Balaban J connectivity index is 2.65. The Labute approximate surface area is 108 Å². The molecule has 0 atom stereocenters. The van der Waals surface area contributed by atoms with Crippen molar-refractivity contribution in [3.63, 3.8) is 0 Å². The number of aryl methyl sites for hydroxylation is 1. The van der Waals surface area contributed by atoms with Gasteiger partial charge in [0.25, 0.3) is 0 Å². The molecular formula is C14H19N3O. The van der Waals surface area contributed by atoms with Crippen LogP contribution in [0.15, 0.2) is 23.2 Å². The van der Waals surface area contributed by atoms with Gasteiger partial charge in [-0.15, -0.1) is 6.42 Å². The average molecular weight is 245 g/mol. The Kier molecular flexibility index (Phi) is 5.59. The van der Waals surface area contributed by atoms with Crippen molar-refractivity contribution in [3.8, 4) is 18.1 Å². The van der Waals surface area contributed by atoms with Crippen LogP contribution in [0.1, 0.15) is 11.1 Å². The molecule has 4 nitrogen and oxygen atoms in total. The van der Waals surface area contributed by atoms with Gasteiger partial charge in [0.05, 0.1) is 13.7 Å². The van der Waals surface area contributed by atoms with Crippen molar-refractivity contribution < 1.29 is 4.74 Å². The molecule has 0 unspecified atom stereocenters. The van der Waals surface area contributed by atoms with Crippen LogP contribution in [-0.2, 0) is 6.54 Å². The molecule has 2 N–H and O–H groups in total. The lowest BCUT2D eigenvalue weighted by molar-refractivity contribution is 0.408. The van der Waals surface area contributed by atoms with Gasteiger partial charge >= 0.3 is 0 Å². The Morgan fingerprint density at radius 3 is 2.83 bits per heavy atom. The van der Waals surface area contributed by atoms with E-state index < -0.39 is 0 Å². The van der Waals surface area contributed by atoms with Crippen molar-refractivity contribution in [2.24, 2.45) is 4.99 Å². The molecule has 1 aromatic rings. The summed E-state index contributed by atoms with van der Waals surface area (Å²) in [5, 5.41) is 6.18. The third-order valence-corrected chi connectivity index (χ3v) is 2.47. The second-order valence-corrected chi connectivity index (χ2v) is 3.80. The Hall–Kier alpha value is -2.15. The predicted molar refractivity (Wildman–Crippen MR) is 74.8 cm³/mol. The van der Waals surface area contributed by atoms with Gasteiger partial charge in [-0.25, -0.2) is 0 Å². The molecule has 0 aromatic heterocycles. The van der Waals surface area contributed by atoms with Crippen LogP contribution < -0.4 is 15.4 Å². The highest BCUT2D eigenvalue weighted by Crippen LogP contribution is 2.19. The van der Waals surface area contributed by atoms with Gasteiger partial charge in [0, 0.05) is 19.2 Å². The molecule has 0 bridgehead atoms. The lowest BCUT2D eigenvalue weighted by Crippen LogP contribution is -2.36. The molecular weight excluding hydrogens is 226 g/mol. The predicted octanol–water partition coefficient (Wildman–Crippen LogP) is 1.30. The topological polar surface area (TPSA) is 45.7 Å². The molecule has 0 aliphatic carbocycles. The lowest BCUT2D eigenvalue weighted by atomic mass is 10.1. The molecule has 0 spiro atoms. The standard InChI is InChI=1S/C14H19N3O/c1-5-8-16-14(15-3)17-10-12-7-6-11(2)9-13(12)18-4/h1,6-7,9H,8,10H2,2-4H3,(H2,15,16,17). The van der Waals surface area contributed by atoms with E-state index in [2.05, 4.69) is 27.6 Å². The molecule has 1 rings (SSSR count). The van der Waals surface area contributed by atoms with E-state index in [0.717, 1.165) is 11.3 Å². The van der Waals surface area contributed by atoms with E-state index >= 15 is 0 Å². The van der Waals surface area contributed by atoms with Crippen LogP contribution in [0.25, 0.3) is 0 Å². The molecule has 0 aliphatic rings. The fourth-order valence-electron chi connectivity index (χ4n) is 1.53. The number of nitrogens with zero attached hydrogens (tertiary/aromatic N) is 1. The molecule has 4 heteroatoms. The highest BCUT2D eigenvalue weighted by atomic mass is 16.5. The summed E-state index contributed by atoms with van der Waals surface area (Å²) in [7, 11) is 3.38. The summed E-state index contributed by atoms with van der Waals surface area (Å²) in [6.45, 7) is 3.12. The quantitative estimate of drug-likeness (QED) is 0.477. The van der Waals surface area contributed by atoms with Crippen LogP contribution in [0.2, 0.25) is 0 Å². The highest BCUT2D eigenvalue weighted by Gasteiger charge is 2.04. The molecule has 96 valence electrons. The van der Waals surface area contributed by atoms with Crippen molar-refractivity contribution >= 4 is 5.96 Å². The SMILES string of the molecule is C#CCNC(=NC)NCc1ccc(C)cc1OC. The van der Waals surface area contributed by atoms with Gasteiger partial charge in [-0.1, -0.05) is 18.1 Å². The number of aliphatic imine (C=N–C) groups is 1. The maximum absolute atomic E-state index is 5.34. The Morgan fingerprint density at radius 2 is 2.22 bits per heavy atom. The number of guanidine groups is 1. The minimum Gasteiger partial charge on any atom is -0.496 e. The molecule has 0 fully saturated rings. The Morgan fingerprint density at radius 1 is 1.44 bits per heavy atom. The van der Waals surface area contributed by atoms with E-state index in [1.807, 2.05) is 19.1 Å². The molecule has 0 radical (unpaired) electrons. The van der Waals surface area contributed by atoms with Gasteiger partial charge in [0.2, 0.25) is 0 Å². The third kappa shape index (κ3) is 4.02. The van der Waals surface area contributed by atoms with E-state index in [0.29, 0.717) is 19.0 Å². The fraction of sp³-hybridized carbons (Fsp3) is 0.357. The molecule has 0 saturated carbocycles. The van der Waals surface area contributed by atoms with Gasteiger partial charge < -0.3 is 15.4 Å².